The van der Waals surface area contributed by atoms with Crippen molar-refractivity contribution in [2.45, 2.75) is 6.92 Å². The van der Waals surface area contributed by atoms with Crippen molar-refractivity contribution in [1.82, 2.24) is 4.90 Å². The third kappa shape index (κ3) is 4.26. The molecule has 1 aliphatic rings. The number of hydrogen-bond donors (Lipinski definition) is 0. The minimum atomic E-state index is -0.472. The molecular formula is C18H17NO6S. The molecule has 0 aliphatic carbocycles. The molecule has 0 unspecified atom stereocenters. The van der Waals surface area contributed by atoms with Gasteiger partial charge in [0.2, 0.25) is 5.91 Å². The third-order valence-electron chi connectivity index (χ3n) is 3.62. The van der Waals surface area contributed by atoms with E-state index in [1.54, 1.807) is 31.2 Å². The Hall–Kier alpha value is -2.74. The van der Waals surface area contributed by atoms with Crippen LogP contribution in [-0.2, 0) is 14.3 Å². The molecule has 8 heteroatoms. The molecule has 7 nitrogen and oxygen atoms in total. The van der Waals surface area contributed by atoms with Crippen LogP contribution in [-0.4, -0.2) is 42.3 Å². The van der Waals surface area contributed by atoms with Gasteiger partial charge < -0.3 is 18.8 Å². The van der Waals surface area contributed by atoms with Gasteiger partial charge in [-0.3, -0.25) is 4.79 Å². The zero-order valence-electron chi connectivity index (χ0n) is 14.1. The highest BCUT2D eigenvalue weighted by Crippen LogP contribution is 2.28. The number of esters is 1. The molecule has 2 aromatic rings. The molecule has 2 heterocycles. The van der Waals surface area contributed by atoms with E-state index in [2.05, 4.69) is 0 Å². The zero-order valence-corrected chi connectivity index (χ0v) is 14.9. The van der Waals surface area contributed by atoms with Gasteiger partial charge in [0.1, 0.15) is 17.9 Å². The molecule has 0 radical (unpaired) electrons. The first-order chi connectivity index (χ1) is 12.6. The SMILES string of the molecule is CCOC(=O)/C=C1\SCC(=O)N1CCOc1ccc2ccc(=O)oc2c1. The molecular weight excluding hydrogens is 358 g/mol. The number of carbonyl (C=O) groups excluding carboxylic acids is 2. The monoisotopic (exact) mass is 375 g/mol. The molecule has 0 saturated carbocycles. The van der Waals surface area contributed by atoms with E-state index >= 15 is 0 Å². The first kappa shape index (κ1) is 18.1. The molecule has 1 amide bonds. The number of thioether (sulfide) groups is 1. The van der Waals surface area contributed by atoms with Crippen LogP contribution in [0, 0.1) is 0 Å². The molecule has 136 valence electrons. The second-order valence-corrected chi connectivity index (χ2v) is 6.37. The van der Waals surface area contributed by atoms with Crippen LogP contribution in [0.4, 0.5) is 0 Å². The van der Waals surface area contributed by atoms with Crippen LogP contribution in [0.3, 0.4) is 0 Å². The summed E-state index contributed by atoms with van der Waals surface area (Å²) in [5.41, 5.74) is 0.00813. The molecule has 0 spiro atoms. The first-order valence-corrected chi connectivity index (χ1v) is 9.03. The molecule has 0 atom stereocenters. The van der Waals surface area contributed by atoms with Gasteiger partial charge in [0, 0.05) is 17.5 Å². The van der Waals surface area contributed by atoms with Crippen molar-refractivity contribution >= 4 is 34.6 Å². The largest absolute Gasteiger partial charge is 0.492 e. The van der Waals surface area contributed by atoms with Gasteiger partial charge in [-0.05, 0) is 25.1 Å². The second-order valence-electron chi connectivity index (χ2n) is 5.37. The smallest absolute Gasteiger partial charge is 0.336 e. The van der Waals surface area contributed by atoms with E-state index in [-0.39, 0.29) is 24.9 Å². The molecule has 0 N–H and O–H groups in total. The van der Waals surface area contributed by atoms with Crippen molar-refractivity contribution in [3.63, 3.8) is 0 Å². The summed E-state index contributed by atoms with van der Waals surface area (Å²) in [6.07, 6.45) is 1.32. The van der Waals surface area contributed by atoms with E-state index in [4.69, 9.17) is 13.9 Å². The minimum absolute atomic E-state index is 0.0846. The van der Waals surface area contributed by atoms with Crippen molar-refractivity contribution in [2.24, 2.45) is 0 Å². The number of hydrogen-bond acceptors (Lipinski definition) is 7. The Morgan fingerprint density at radius 3 is 2.92 bits per heavy atom. The van der Waals surface area contributed by atoms with E-state index in [0.717, 1.165) is 5.39 Å². The molecule has 0 bridgehead atoms. The number of nitrogens with zero attached hydrogens (tertiary/aromatic N) is 1. The molecule has 1 saturated heterocycles. The molecule has 1 aromatic carbocycles. The topological polar surface area (TPSA) is 86.0 Å². The van der Waals surface area contributed by atoms with Crippen LogP contribution in [0.1, 0.15) is 6.92 Å². The average molecular weight is 375 g/mol. The Morgan fingerprint density at radius 1 is 1.31 bits per heavy atom. The van der Waals surface area contributed by atoms with Gasteiger partial charge in [-0.25, -0.2) is 9.59 Å². The molecule has 1 fully saturated rings. The molecule has 26 heavy (non-hydrogen) atoms. The minimum Gasteiger partial charge on any atom is -0.492 e. The quantitative estimate of drug-likeness (QED) is 0.434. The van der Waals surface area contributed by atoms with Crippen molar-refractivity contribution in [3.8, 4) is 5.75 Å². The van der Waals surface area contributed by atoms with Gasteiger partial charge in [-0.2, -0.15) is 0 Å². The summed E-state index contributed by atoms with van der Waals surface area (Å²) in [5.74, 6) is 0.257. The summed E-state index contributed by atoms with van der Waals surface area (Å²) in [6, 6.07) is 8.22. The highest BCUT2D eigenvalue weighted by molar-refractivity contribution is 8.04. The van der Waals surface area contributed by atoms with Crippen LogP contribution in [0.2, 0.25) is 0 Å². The maximum atomic E-state index is 12.0. The number of benzene rings is 1. The number of carbonyl (C=O) groups is 2. The van der Waals surface area contributed by atoms with E-state index in [9.17, 15) is 14.4 Å². The van der Waals surface area contributed by atoms with Crippen molar-refractivity contribution in [3.05, 3.63) is 51.9 Å². The van der Waals surface area contributed by atoms with E-state index in [0.29, 0.717) is 22.9 Å². The summed E-state index contributed by atoms with van der Waals surface area (Å²) >= 11 is 1.29. The number of ether oxygens (including phenoxy) is 2. The third-order valence-corrected chi connectivity index (χ3v) is 4.64. The lowest BCUT2D eigenvalue weighted by molar-refractivity contribution is -0.137. The Morgan fingerprint density at radius 2 is 2.12 bits per heavy atom. The first-order valence-electron chi connectivity index (χ1n) is 8.05. The fourth-order valence-electron chi connectivity index (χ4n) is 2.44. The lowest BCUT2D eigenvalue weighted by Crippen LogP contribution is -2.29. The second kappa shape index (κ2) is 8.09. The van der Waals surface area contributed by atoms with Crippen molar-refractivity contribution in [1.29, 1.82) is 0 Å². The fraction of sp³-hybridized carbons (Fsp3) is 0.278. The van der Waals surface area contributed by atoms with Crippen LogP contribution >= 0.6 is 11.8 Å². The summed E-state index contributed by atoms with van der Waals surface area (Å²) < 4.78 is 15.7. The standard InChI is InChI=1S/C18H17NO6S/c1-2-23-18(22)10-16-19(15(20)11-26-16)7-8-24-13-5-3-12-4-6-17(21)25-14(12)9-13/h3-6,9-10H,2,7-8,11H2,1H3/b16-10-. The molecule has 1 aliphatic heterocycles. The zero-order chi connectivity index (χ0) is 18.5. The summed E-state index contributed by atoms with van der Waals surface area (Å²) in [7, 11) is 0. The van der Waals surface area contributed by atoms with E-state index in [1.807, 2.05) is 0 Å². The Bertz CT molecular complexity index is 919. The van der Waals surface area contributed by atoms with Gasteiger partial charge in [0.15, 0.2) is 0 Å². The van der Waals surface area contributed by atoms with Crippen LogP contribution < -0.4 is 10.4 Å². The average Bonchev–Trinajstić information content (AvgIpc) is 2.95. The normalized spacial score (nSPS) is 15.7. The maximum Gasteiger partial charge on any atom is 0.336 e. The van der Waals surface area contributed by atoms with Crippen LogP contribution in [0.15, 0.2) is 50.6 Å². The molecule has 3 rings (SSSR count). The number of fused-ring (bicyclic) bond motifs is 1. The van der Waals surface area contributed by atoms with Crippen molar-refractivity contribution < 1.29 is 23.5 Å². The Balaban J connectivity index is 1.63. The van der Waals surface area contributed by atoms with Crippen LogP contribution in [0.25, 0.3) is 11.0 Å². The van der Waals surface area contributed by atoms with E-state index < -0.39 is 11.6 Å². The predicted molar refractivity (Wildman–Crippen MR) is 96.9 cm³/mol. The maximum absolute atomic E-state index is 12.0. The number of amides is 1. The lowest BCUT2D eigenvalue weighted by Gasteiger charge is -2.17. The van der Waals surface area contributed by atoms with Gasteiger partial charge >= 0.3 is 11.6 Å². The summed E-state index contributed by atoms with van der Waals surface area (Å²) in [6.45, 7) is 2.53. The highest BCUT2D eigenvalue weighted by atomic mass is 32.2. The van der Waals surface area contributed by atoms with Gasteiger partial charge in [-0.15, -0.1) is 0 Å². The van der Waals surface area contributed by atoms with E-state index in [1.165, 1.54) is 28.8 Å². The Labute approximate surface area is 153 Å². The van der Waals surface area contributed by atoms with Crippen molar-refractivity contribution in [2.75, 3.05) is 25.5 Å². The Kier molecular flexibility index (Phi) is 5.62. The number of rotatable bonds is 6. The lowest BCUT2D eigenvalue weighted by atomic mass is 10.2. The highest BCUT2D eigenvalue weighted by Gasteiger charge is 2.27. The molecule has 1 aromatic heterocycles. The summed E-state index contributed by atoms with van der Waals surface area (Å²) in [4.78, 5) is 36.4. The fourth-order valence-corrected chi connectivity index (χ4v) is 3.39. The van der Waals surface area contributed by atoms with Crippen LogP contribution in [0.5, 0.6) is 5.75 Å². The summed E-state index contributed by atoms with van der Waals surface area (Å²) in [5, 5.41) is 1.35. The van der Waals surface area contributed by atoms with Gasteiger partial charge in [0.25, 0.3) is 0 Å². The van der Waals surface area contributed by atoms with Gasteiger partial charge in [0.05, 0.1) is 30.0 Å². The van der Waals surface area contributed by atoms with Gasteiger partial charge in [-0.1, -0.05) is 11.8 Å². The predicted octanol–water partition coefficient (Wildman–Crippen LogP) is 2.15.